The summed E-state index contributed by atoms with van der Waals surface area (Å²) < 4.78 is 31.9. The van der Waals surface area contributed by atoms with E-state index in [1.165, 1.54) is 37.4 Å². The van der Waals surface area contributed by atoms with E-state index in [4.69, 9.17) is 23.2 Å². The number of ether oxygens (including phenoxy) is 1. The zero-order valence-corrected chi connectivity index (χ0v) is 14.6. The topological polar surface area (TPSA) is 72.5 Å². The Balaban J connectivity index is 2.46. The van der Waals surface area contributed by atoms with Crippen LogP contribution in [0.5, 0.6) is 0 Å². The van der Waals surface area contributed by atoms with Gasteiger partial charge in [-0.3, -0.25) is 4.72 Å². The first kappa shape index (κ1) is 17.6. The van der Waals surface area contributed by atoms with Crippen molar-refractivity contribution in [1.82, 2.24) is 0 Å². The average Bonchev–Trinajstić information content (AvgIpc) is 2.49. The number of carbonyl (C=O) groups is 1. The van der Waals surface area contributed by atoms with E-state index in [1.807, 2.05) is 0 Å². The molecule has 0 saturated carbocycles. The number of aryl methyl sites for hydroxylation is 1. The van der Waals surface area contributed by atoms with E-state index in [0.717, 1.165) is 5.56 Å². The second kappa shape index (κ2) is 6.78. The van der Waals surface area contributed by atoms with Crippen LogP contribution in [-0.2, 0) is 14.8 Å². The Labute approximate surface area is 144 Å². The Hall–Kier alpha value is -1.76. The van der Waals surface area contributed by atoms with E-state index < -0.39 is 16.0 Å². The van der Waals surface area contributed by atoms with Crippen LogP contribution in [0.2, 0.25) is 10.0 Å². The number of nitrogens with one attached hydrogen (secondary N) is 1. The predicted octanol–water partition coefficient (Wildman–Crippen LogP) is 3.89. The second-order valence-electron chi connectivity index (χ2n) is 4.70. The van der Waals surface area contributed by atoms with Gasteiger partial charge in [0.05, 0.1) is 23.3 Å². The number of carbonyl (C=O) groups excluding carboxylic acids is 1. The number of hydrogen-bond donors (Lipinski definition) is 1. The lowest BCUT2D eigenvalue weighted by atomic mass is 10.2. The fourth-order valence-electron chi connectivity index (χ4n) is 1.83. The molecule has 1 N–H and O–H groups in total. The third-order valence-electron chi connectivity index (χ3n) is 3.08. The standard InChI is InChI=1S/C15H13Cl2NO4S/c1-9-3-5-11(8-13(9)17)23(20,21)18-14-7-10(16)4-6-12(14)15(19)22-2/h3-8,18H,1-2H3. The molecule has 122 valence electrons. The highest BCUT2D eigenvalue weighted by atomic mass is 35.5. The molecule has 0 radical (unpaired) electrons. The summed E-state index contributed by atoms with van der Waals surface area (Å²) in [6.07, 6.45) is 0. The maximum absolute atomic E-state index is 12.5. The fraction of sp³-hybridized carbons (Fsp3) is 0.133. The molecule has 0 amide bonds. The van der Waals surface area contributed by atoms with Gasteiger partial charge in [0.1, 0.15) is 0 Å². The summed E-state index contributed by atoms with van der Waals surface area (Å²) in [5.41, 5.74) is 0.836. The van der Waals surface area contributed by atoms with Crippen molar-refractivity contribution < 1.29 is 17.9 Å². The van der Waals surface area contributed by atoms with Gasteiger partial charge in [-0.25, -0.2) is 13.2 Å². The Kier molecular flexibility index (Phi) is 5.19. The number of rotatable bonds is 4. The molecule has 8 heteroatoms. The zero-order valence-electron chi connectivity index (χ0n) is 12.3. The van der Waals surface area contributed by atoms with Gasteiger partial charge in [-0.2, -0.15) is 0 Å². The summed E-state index contributed by atoms with van der Waals surface area (Å²) in [4.78, 5) is 11.7. The van der Waals surface area contributed by atoms with Crippen molar-refractivity contribution >= 4 is 44.9 Å². The SMILES string of the molecule is COC(=O)c1ccc(Cl)cc1NS(=O)(=O)c1ccc(C)c(Cl)c1. The molecule has 2 aromatic carbocycles. The van der Waals surface area contributed by atoms with Crippen LogP contribution < -0.4 is 4.72 Å². The molecule has 0 heterocycles. The molecule has 0 aromatic heterocycles. The van der Waals surface area contributed by atoms with Crippen LogP contribution in [0.1, 0.15) is 15.9 Å². The van der Waals surface area contributed by atoms with E-state index in [9.17, 15) is 13.2 Å². The molecule has 0 aliphatic heterocycles. The highest BCUT2D eigenvalue weighted by Crippen LogP contribution is 2.26. The van der Waals surface area contributed by atoms with E-state index in [2.05, 4.69) is 9.46 Å². The smallest absolute Gasteiger partial charge is 0.339 e. The molecule has 0 fully saturated rings. The molecule has 0 spiro atoms. The quantitative estimate of drug-likeness (QED) is 0.825. The van der Waals surface area contributed by atoms with Crippen molar-refractivity contribution in [2.45, 2.75) is 11.8 Å². The molecule has 2 aromatic rings. The van der Waals surface area contributed by atoms with Crippen LogP contribution in [0.3, 0.4) is 0 Å². The second-order valence-corrected chi connectivity index (χ2v) is 7.22. The molecule has 23 heavy (non-hydrogen) atoms. The maximum atomic E-state index is 12.5. The third kappa shape index (κ3) is 3.96. The van der Waals surface area contributed by atoms with E-state index >= 15 is 0 Å². The molecule has 0 unspecified atom stereocenters. The lowest BCUT2D eigenvalue weighted by Gasteiger charge is -2.12. The van der Waals surface area contributed by atoms with Gasteiger partial charge in [-0.1, -0.05) is 29.3 Å². The third-order valence-corrected chi connectivity index (χ3v) is 5.09. The van der Waals surface area contributed by atoms with Gasteiger partial charge in [0.25, 0.3) is 10.0 Å². The lowest BCUT2D eigenvalue weighted by molar-refractivity contribution is 0.0602. The highest BCUT2D eigenvalue weighted by Gasteiger charge is 2.20. The summed E-state index contributed by atoms with van der Waals surface area (Å²) in [5.74, 6) is -0.679. The molecule has 0 atom stereocenters. The molecular weight excluding hydrogens is 361 g/mol. The van der Waals surface area contributed by atoms with E-state index in [0.29, 0.717) is 5.02 Å². The maximum Gasteiger partial charge on any atom is 0.339 e. The van der Waals surface area contributed by atoms with Crippen molar-refractivity contribution in [2.24, 2.45) is 0 Å². The highest BCUT2D eigenvalue weighted by molar-refractivity contribution is 7.92. The van der Waals surface area contributed by atoms with E-state index in [-0.39, 0.29) is 21.2 Å². The molecular formula is C15H13Cl2NO4S. The first-order valence-electron chi connectivity index (χ1n) is 6.41. The van der Waals surface area contributed by atoms with Crippen molar-refractivity contribution in [3.05, 3.63) is 57.6 Å². The van der Waals surface area contributed by atoms with Gasteiger partial charge < -0.3 is 4.74 Å². The van der Waals surface area contributed by atoms with Gasteiger partial charge in [0.15, 0.2) is 0 Å². The van der Waals surface area contributed by atoms with Crippen LogP contribution in [0.4, 0.5) is 5.69 Å². The molecule has 0 saturated heterocycles. The summed E-state index contributed by atoms with van der Waals surface area (Å²) in [6, 6.07) is 8.53. The number of benzene rings is 2. The Morgan fingerprint density at radius 3 is 2.43 bits per heavy atom. The van der Waals surface area contributed by atoms with Crippen LogP contribution >= 0.6 is 23.2 Å². The summed E-state index contributed by atoms with van der Waals surface area (Å²) in [5, 5.41) is 0.601. The lowest BCUT2D eigenvalue weighted by Crippen LogP contribution is -2.16. The van der Waals surface area contributed by atoms with E-state index in [1.54, 1.807) is 13.0 Å². The molecule has 0 aliphatic carbocycles. The molecule has 0 aliphatic rings. The minimum atomic E-state index is -3.93. The first-order valence-corrected chi connectivity index (χ1v) is 8.65. The van der Waals surface area contributed by atoms with Gasteiger partial charge >= 0.3 is 5.97 Å². The number of esters is 1. The minimum Gasteiger partial charge on any atom is -0.465 e. The molecule has 0 bridgehead atoms. The largest absolute Gasteiger partial charge is 0.465 e. The van der Waals surface area contributed by atoms with Gasteiger partial charge in [0, 0.05) is 10.0 Å². The van der Waals surface area contributed by atoms with Crippen LogP contribution in [0.25, 0.3) is 0 Å². The van der Waals surface area contributed by atoms with Crippen molar-refractivity contribution in [2.75, 3.05) is 11.8 Å². The number of anilines is 1. The Morgan fingerprint density at radius 1 is 1.13 bits per heavy atom. The van der Waals surface area contributed by atoms with Gasteiger partial charge in [0.2, 0.25) is 0 Å². The summed E-state index contributed by atoms with van der Waals surface area (Å²) >= 11 is 11.8. The number of hydrogen-bond acceptors (Lipinski definition) is 4. The molecule has 2 rings (SSSR count). The van der Waals surface area contributed by atoms with Crippen molar-refractivity contribution in [3.8, 4) is 0 Å². The van der Waals surface area contributed by atoms with Gasteiger partial charge in [-0.05, 0) is 42.8 Å². The van der Waals surface area contributed by atoms with Crippen LogP contribution in [0, 0.1) is 6.92 Å². The monoisotopic (exact) mass is 373 g/mol. The Morgan fingerprint density at radius 2 is 1.83 bits per heavy atom. The van der Waals surface area contributed by atoms with Crippen LogP contribution in [0.15, 0.2) is 41.3 Å². The minimum absolute atomic E-state index is 0.0242. The molecule has 5 nitrogen and oxygen atoms in total. The first-order chi connectivity index (χ1) is 10.7. The van der Waals surface area contributed by atoms with Crippen LogP contribution in [-0.4, -0.2) is 21.5 Å². The van der Waals surface area contributed by atoms with Crippen molar-refractivity contribution in [1.29, 1.82) is 0 Å². The fourth-order valence-corrected chi connectivity index (χ4v) is 3.35. The zero-order chi connectivity index (χ0) is 17.2. The number of sulfonamides is 1. The normalized spacial score (nSPS) is 11.1. The average molecular weight is 374 g/mol. The Bertz CT molecular complexity index is 866. The summed E-state index contributed by atoms with van der Waals surface area (Å²) in [6.45, 7) is 1.76. The predicted molar refractivity (Wildman–Crippen MR) is 89.8 cm³/mol. The number of halogens is 2. The number of methoxy groups -OCH3 is 1. The van der Waals surface area contributed by atoms with Gasteiger partial charge in [-0.15, -0.1) is 0 Å². The van der Waals surface area contributed by atoms with Crippen molar-refractivity contribution in [3.63, 3.8) is 0 Å². The summed E-state index contributed by atoms with van der Waals surface area (Å²) in [7, 11) is -2.73.